The Morgan fingerprint density at radius 3 is 2.82 bits per heavy atom. The van der Waals surface area contributed by atoms with Crippen LogP contribution in [-0.4, -0.2) is 43.6 Å². The second-order valence-corrected chi connectivity index (χ2v) is 5.81. The Labute approximate surface area is 112 Å². The Kier molecular flexibility index (Phi) is 4.40. The highest BCUT2D eigenvalue weighted by molar-refractivity contribution is 9.10. The quantitative estimate of drug-likeness (QED) is 0.855. The van der Waals surface area contributed by atoms with E-state index >= 15 is 0 Å². The first-order chi connectivity index (χ1) is 8.16. The highest BCUT2D eigenvalue weighted by atomic mass is 79.9. The van der Waals surface area contributed by atoms with Crippen LogP contribution in [0.1, 0.15) is 12.8 Å². The molecule has 2 heterocycles. The summed E-state index contributed by atoms with van der Waals surface area (Å²) in [7, 11) is 4.37. The lowest BCUT2D eigenvalue weighted by Gasteiger charge is -2.32. The Hall–Kier alpha value is -0.610. The Bertz CT molecular complexity index is 361. The lowest BCUT2D eigenvalue weighted by Crippen LogP contribution is -2.35. The highest BCUT2D eigenvalue weighted by Crippen LogP contribution is 2.26. The van der Waals surface area contributed by atoms with Crippen LogP contribution in [0.3, 0.4) is 0 Å². The number of hydrogen-bond acceptors (Lipinski definition) is 3. The van der Waals surface area contributed by atoms with E-state index in [-0.39, 0.29) is 0 Å². The van der Waals surface area contributed by atoms with Crippen molar-refractivity contribution in [2.75, 3.05) is 38.6 Å². The molecule has 0 aliphatic carbocycles. The third-order valence-electron chi connectivity index (χ3n) is 3.53. The number of likely N-dealkylation sites (tertiary alicyclic amines) is 1. The largest absolute Gasteiger partial charge is 0.373 e. The maximum atomic E-state index is 4.10. The van der Waals surface area contributed by atoms with Crippen LogP contribution in [0.2, 0.25) is 0 Å². The maximum Gasteiger partial charge on any atom is 0.0592 e. The average Bonchev–Trinajstić information content (AvgIpc) is 2.32. The minimum Gasteiger partial charge on any atom is -0.373 e. The van der Waals surface area contributed by atoms with Gasteiger partial charge in [-0.15, -0.1) is 0 Å². The van der Waals surface area contributed by atoms with Gasteiger partial charge in [0.1, 0.15) is 0 Å². The van der Waals surface area contributed by atoms with Gasteiger partial charge in [-0.25, -0.2) is 0 Å². The van der Waals surface area contributed by atoms with Gasteiger partial charge in [-0.2, -0.15) is 0 Å². The summed E-state index contributed by atoms with van der Waals surface area (Å²) in [5.41, 5.74) is 1.24. The van der Waals surface area contributed by atoms with Gasteiger partial charge in [0.2, 0.25) is 0 Å². The summed E-state index contributed by atoms with van der Waals surface area (Å²) in [5, 5.41) is 0. The third kappa shape index (κ3) is 3.42. The van der Waals surface area contributed by atoms with Crippen molar-refractivity contribution >= 4 is 21.6 Å². The summed E-state index contributed by atoms with van der Waals surface area (Å²) < 4.78 is 1.08. The topological polar surface area (TPSA) is 19.4 Å². The molecule has 1 aliphatic rings. The summed E-state index contributed by atoms with van der Waals surface area (Å²) in [4.78, 5) is 8.85. The van der Waals surface area contributed by atoms with Crippen molar-refractivity contribution in [3.63, 3.8) is 0 Å². The fourth-order valence-corrected chi connectivity index (χ4v) is 2.96. The molecule has 94 valence electrons. The molecule has 0 radical (unpaired) electrons. The van der Waals surface area contributed by atoms with E-state index in [1.54, 1.807) is 0 Å². The molecule has 1 saturated heterocycles. The Morgan fingerprint density at radius 2 is 2.18 bits per heavy atom. The fraction of sp³-hybridized carbons (Fsp3) is 0.615. The van der Waals surface area contributed by atoms with E-state index in [1.807, 2.05) is 12.4 Å². The second kappa shape index (κ2) is 5.83. The molecule has 0 saturated carbocycles. The molecule has 1 aromatic heterocycles. The van der Waals surface area contributed by atoms with Gasteiger partial charge < -0.3 is 9.80 Å². The van der Waals surface area contributed by atoms with E-state index < -0.39 is 0 Å². The van der Waals surface area contributed by atoms with Gasteiger partial charge in [-0.05, 0) is 60.9 Å². The molecule has 0 unspecified atom stereocenters. The van der Waals surface area contributed by atoms with Gasteiger partial charge in [0.15, 0.2) is 0 Å². The number of rotatable bonds is 3. The van der Waals surface area contributed by atoms with Gasteiger partial charge in [-0.1, -0.05) is 0 Å². The number of pyridine rings is 1. The first-order valence-corrected chi connectivity index (χ1v) is 6.95. The molecular weight excluding hydrogens is 278 g/mol. The minimum atomic E-state index is 0.816. The predicted octanol–water partition coefficient (Wildman–Crippen LogP) is 2.62. The van der Waals surface area contributed by atoms with Crippen LogP contribution in [0.15, 0.2) is 22.9 Å². The van der Waals surface area contributed by atoms with Gasteiger partial charge >= 0.3 is 0 Å². The van der Waals surface area contributed by atoms with E-state index in [0.29, 0.717) is 0 Å². The van der Waals surface area contributed by atoms with Crippen molar-refractivity contribution in [1.82, 2.24) is 9.88 Å². The van der Waals surface area contributed by atoms with Crippen molar-refractivity contribution in [2.24, 2.45) is 5.92 Å². The first-order valence-electron chi connectivity index (χ1n) is 6.16. The van der Waals surface area contributed by atoms with Crippen LogP contribution in [0.4, 0.5) is 5.69 Å². The zero-order valence-corrected chi connectivity index (χ0v) is 12.2. The van der Waals surface area contributed by atoms with Crippen LogP contribution >= 0.6 is 15.9 Å². The van der Waals surface area contributed by atoms with Crippen molar-refractivity contribution in [3.8, 4) is 0 Å². The molecule has 0 amide bonds. The van der Waals surface area contributed by atoms with Crippen LogP contribution in [0.5, 0.6) is 0 Å². The summed E-state index contributed by atoms with van der Waals surface area (Å²) in [5.74, 6) is 0.816. The van der Waals surface area contributed by atoms with E-state index in [1.165, 1.54) is 31.6 Å². The summed E-state index contributed by atoms with van der Waals surface area (Å²) in [6.07, 6.45) is 6.33. The van der Waals surface area contributed by atoms with E-state index in [2.05, 4.69) is 50.9 Å². The van der Waals surface area contributed by atoms with Gasteiger partial charge in [0, 0.05) is 26.0 Å². The molecule has 17 heavy (non-hydrogen) atoms. The molecule has 1 aromatic rings. The number of anilines is 1. The van der Waals surface area contributed by atoms with E-state index in [4.69, 9.17) is 0 Å². The van der Waals surface area contributed by atoms with E-state index in [0.717, 1.165) is 16.9 Å². The molecule has 1 aliphatic heterocycles. The molecule has 1 fully saturated rings. The number of aromatic nitrogens is 1. The normalized spacial score (nSPS) is 18.3. The average molecular weight is 298 g/mol. The zero-order chi connectivity index (χ0) is 12.3. The summed E-state index contributed by atoms with van der Waals surface area (Å²) in [6.45, 7) is 3.60. The monoisotopic (exact) mass is 297 g/mol. The lowest BCUT2D eigenvalue weighted by molar-refractivity contribution is 0.222. The molecule has 0 atom stereocenters. The SMILES string of the molecule is CN1CCC(CN(C)c2ccncc2Br)CC1. The summed E-state index contributed by atoms with van der Waals surface area (Å²) >= 11 is 3.56. The van der Waals surface area contributed by atoms with Crippen molar-refractivity contribution in [3.05, 3.63) is 22.9 Å². The van der Waals surface area contributed by atoms with Gasteiger partial charge in [-0.3, -0.25) is 4.98 Å². The minimum absolute atomic E-state index is 0.816. The third-order valence-corrected chi connectivity index (χ3v) is 4.14. The fourth-order valence-electron chi connectivity index (χ4n) is 2.41. The highest BCUT2D eigenvalue weighted by Gasteiger charge is 2.18. The number of halogens is 1. The van der Waals surface area contributed by atoms with Crippen LogP contribution in [-0.2, 0) is 0 Å². The first kappa shape index (κ1) is 12.8. The van der Waals surface area contributed by atoms with Crippen LogP contribution < -0.4 is 4.90 Å². The lowest BCUT2D eigenvalue weighted by atomic mass is 9.96. The molecule has 4 heteroatoms. The molecule has 0 bridgehead atoms. The molecule has 2 rings (SSSR count). The molecule has 0 spiro atoms. The Morgan fingerprint density at radius 1 is 1.47 bits per heavy atom. The van der Waals surface area contributed by atoms with Crippen LogP contribution in [0.25, 0.3) is 0 Å². The van der Waals surface area contributed by atoms with Crippen molar-refractivity contribution in [1.29, 1.82) is 0 Å². The predicted molar refractivity (Wildman–Crippen MR) is 75.4 cm³/mol. The smallest absolute Gasteiger partial charge is 0.0592 e. The molecular formula is C13H20BrN3. The second-order valence-electron chi connectivity index (χ2n) is 4.95. The molecule has 0 aromatic carbocycles. The molecule has 0 N–H and O–H groups in total. The van der Waals surface area contributed by atoms with E-state index in [9.17, 15) is 0 Å². The van der Waals surface area contributed by atoms with Gasteiger partial charge in [0.25, 0.3) is 0 Å². The van der Waals surface area contributed by atoms with Crippen molar-refractivity contribution < 1.29 is 0 Å². The van der Waals surface area contributed by atoms with Crippen LogP contribution in [0, 0.1) is 5.92 Å². The van der Waals surface area contributed by atoms with Gasteiger partial charge in [0.05, 0.1) is 10.2 Å². The zero-order valence-electron chi connectivity index (χ0n) is 10.6. The number of hydrogen-bond donors (Lipinski definition) is 0. The number of nitrogens with zero attached hydrogens (tertiary/aromatic N) is 3. The standard InChI is InChI=1S/C13H20BrN3/c1-16-7-4-11(5-8-16)10-17(2)13-3-6-15-9-12(13)14/h3,6,9,11H,4-5,7-8,10H2,1-2H3. The maximum absolute atomic E-state index is 4.10. The Balaban J connectivity index is 1.93. The summed E-state index contributed by atoms with van der Waals surface area (Å²) in [6, 6.07) is 2.07. The number of piperidine rings is 1. The molecule has 3 nitrogen and oxygen atoms in total. The van der Waals surface area contributed by atoms with Crippen molar-refractivity contribution in [2.45, 2.75) is 12.8 Å².